The summed E-state index contributed by atoms with van der Waals surface area (Å²) in [6.07, 6.45) is 1.10. The number of hydrogen-bond donors (Lipinski definition) is 3. The molecule has 1 aliphatic heterocycles. The van der Waals surface area contributed by atoms with E-state index in [0.717, 1.165) is 10.4 Å². The maximum Gasteiger partial charge on any atom is 0.410 e. The zero-order chi connectivity index (χ0) is 39.0. The van der Waals surface area contributed by atoms with Gasteiger partial charge in [-0.25, -0.2) is 14.0 Å². The quantitative estimate of drug-likeness (QED) is 0.0785. The average molecular weight is 793 g/mol. The number of carbonyl (C=O) groups is 5. The van der Waals surface area contributed by atoms with Crippen LogP contribution in [0, 0.1) is 5.82 Å². The van der Waals surface area contributed by atoms with Gasteiger partial charge in [-0.05, 0) is 88.2 Å². The summed E-state index contributed by atoms with van der Waals surface area (Å²) in [7, 11) is 0. The van der Waals surface area contributed by atoms with Crippen molar-refractivity contribution < 1.29 is 37.8 Å². The molecule has 4 amide bonds. The van der Waals surface area contributed by atoms with Crippen molar-refractivity contribution in [1.29, 1.82) is 0 Å². The van der Waals surface area contributed by atoms with Crippen molar-refractivity contribution in [2.75, 3.05) is 29.5 Å². The molecule has 0 saturated carbocycles. The molecule has 0 unspecified atom stereocenters. The van der Waals surface area contributed by atoms with Crippen molar-refractivity contribution in [1.82, 2.24) is 10.2 Å². The van der Waals surface area contributed by atoms with Crippen molar-refractivity contribution in [3.8, 4) is 0 Å². The number of thioether (sulfide) groups is 1. The lowest BCUT2D eigenvalue weighted by atomic mass is 10.0. The second kappa shape index (κ2) is 17.8. The van der Waals surface area contributed by atoms with Crippen molar-refractivity contribution >= 4 is 81.2 Å². The van der Waals surface area contributed by atoms with Crippen LogP contribution in [0.15, 0.2) is 83.4 Å². The van der Waals surface area contributed by atoms with Gasteiger partial charge in [0.15, 0.2) is 0 Å². The molecule has 5 rings (SSSR count). The minimum atomic E-state index is -0.739. The number of ether oxygens (including phenoxy) is 2. The zero-order valence-corrected chi connectivity index (χ0v) is 32.3. The summed E-state index contributed by atoms with van der Waals surface area (Å²) in [4.78, 5) is 68.5. The van der Waals surface area contributed by atoms with Gasteiger partial charge in [-0.15, -0.1) is 23.1 Å². The van der Waals surface area contributed by atoms with Crippen LogP contribution in [0.5, 0.6) is 0 Å². The van der Waals surface area contributed by atoms with Gasteiger partial charge >= 0.3 is 12.1 Å². The predicted molar refractivity (Wildman–Crippen MR) is 208 cm³/mol. The molecular weight excluding hydrogens is 755 g/mol. The highest BCUT2D eigenvalue weighted by molar-refractivity contribution is 8.00. The highest BCUT2D eigenvalue weighted by Gasteiger charge is 2.33. The van der Waals surface area contributed by atoms with Crippen LogP contribution in [0.2, 0.25) is 5.02 Å². The smallest absolute Gasteiger partial charge is 0.410 e. The maximum atomic E-state index is 14.7. The van der Waals surface area contributed by atoms with Crippen molar-refractivity contribution in [2.45, 2.75) is 51.2 Å². The molecule has 0 fully saturated rings. The molecule has 11 nitrogen and oxygen atoms in total. The molecule has 0 atom stereocenters. The first-order chi connectivity index (χ1) is 25.7. The first-order valence-corrected chi connectivity index (χ1v) is 19.1. The minimum absolute atomic E-state index is 0.0453. The number of esters is 1. The van der Waals surface area contributed by atoms with E-state index in [-0.39, 0.29) is 46.3 Å². The molecule has 282 valence electrons. The molecule has 0 radical (unpaired) electrons. The molecular formula is C39H38ClFN4O7S2. The summed E-state index contributed by atoms with van der Waals surface area (Å²) in [6.45, 7) is 7.78. The Bertz CT molecular complexity index is 2080. The number of nitrogens with zero attached hydrogens (tertiary/aromatic N) is 1. The second-order valence-electron chi connectivity index (χ2n) is 12.9. The SMILES string of the molecule is CCOC(=O)c1c(NC(=O)CSc2cccc(NC(=O)/C(=C\c3c(F)cccc3Cl)NC(=O)c3ccccc3)c2)sc2c1CCN(C(=O)OC(C)(C)C)C2. The Hall–Kier alpha value is -5.18. The number of benzene rings is 3. The van der Waals surface area contributed by atoms with E-state index < -0.39 is 41.2 Å². The number of rotatable bonds is 11. The number of fused-ring (bicyclic) bond motifs is 1. The van der Waals surface area contributed by atoms with E-state index in [0.29, 0.717) is 28.5 Å². The van der Waals surface area contributed by atoms with Gasteiger partial charge in [0.1, 0.15) is 22.1 Å². The van der Waals surface area contributed by atoms with E-state index in [1.54, 1.807) is 87.2 Å². The molecule has 1 aromatic heterocycles. The maximum absolute atomic E-state index is 14.7. The lowest BCUT2D eigenvalue weighted by Crippen LogP contribution is -2.39. The molecule has 4 aromatic rings. The largest absolute Gasteiger partial charge is 0.462 e. The van der Waals surface area contributed by atoms with Crippen LogP contribution >= 0.6 is 34.7 Å². The standard InChI is InChI=1S/C39H38ClFN4O7S2/c1-5-51-37(49)33-26-17-18-45(38(50)52-39(2,3)4)21-31(26)54-36(33)44-32(46)22-53-25-14-9-13-24(19-25)42-35(48)30(20-27-28(40)15-10-16-29(27)41)43-34(47)23-11-7-6-8-12-23/h6-16,19-20H,5,17-18,21-22H2,1-4H3,(H,42,48)(H,43,47)(H,44,46)/b30-20+. The highest BCUT2D eigenvalue weighted by Crippen LogP contribution is 2.38. The molecule has 0 saturated heterocycles. The van der Waals surface area contributed by atoms with E-state index >= 15 is 0 Å². The first kappa shape index (κ1) is 40.0. The summed E-state index contributed by atoms with van der Waals surface area (Å²) in [6, 6.07) is 19.0. The van der Waals surface area contributed by atoms with Crippen LogP contribution in [0.1, 0.15) is 64.4 Å². The molecule has 15 heteroatoms. The topological polar surface area (TPSA) is 143 Å². The molecule has 3 aromatic carbocycles. The molecule has 0 spiro atoms. The first-order valence-electron chi connectivity index (χ1n) is 16.9. The van der Waals surface area contributed by atoms with Gasteiger partial charge in [0, 0.05) is 33.1 Å². The number of carbonyl (C=O) groups excluding carboxylic acids is 5. The van der Waals surface area contributed by atoms with Gasteiger partial charge in [-0.2, -0.15) is 0 Å². The number of amides is 4. The highest BCUT2D eigenvalue weighted by atomic mass is 35.5. The minimum Gasteiger partial charge on any atom is -0.462 e. The Balaban J connectivity index is 1.28. The van der Waals surface area contributed by atoms with E-state index in [9.17, 15) is 28.4 Å². The van der Waals surface area contributed by atoms with Gasteiger partial charge in [-0.3, -0.25) is 14.4 Å². The average Bonchev–Trinajstić information content (AvgIpc) is 3.48. The molecule has 1 aliphatic rings. The van der Waals surface area contributed by atoms with Gasteiger partial charge < -0.3 is 30.3 Å². The van der Waals surface area contributed by atoms with Crippen molar-refractivity contribution in [2.24, 2.45) is 0 Å². The van der Waals surface area contributed by atoms with E-state index in [4.69, 9.17) is 21.1 Å². The van der Waals surface area contributed by atoms with E-state index in [1.165, 1.54) is 47.4 Å². The number of anilines is 2. The Morgan fingerprint density at radius 3 is 2.44 bits per heavy atom. The summed E-state index contributed by atoms with van der Waals surface area (Å²) in [5.74, 6) is -3.00. The van der Waals surface area contributed by atoms with Crippen LogP contribution < -0.4 is 16.0 Å². The summed E-state index contributed by atoms with van der Waals surface area (Å²) in [5.41, 5.74) is 0.647. The van der Waals surface area contributed by atoms with Crippen LogP contribution in [0.3, 0.4) is 0 Å². The molecule has 54 heavy (non-hydrogen) atoms. The third kappa shape index (κ3) is 10.5. The third-order valence-electron chi connectivity index (χ3n) is 7.72. The number of hydrogen-bond acceptors (Lipinski definition) is 9. The molecule has 0 aliphatic carbocycles. The van der Waals surface area contributed by atoms with E-state index in [2.05, 4.69) is 16.0 Å². The molecule has 2 heterocycles. The van der Waals surface area contributed by atoms with Crippen LogP contribution in [0.25, 0.3) is 6.08 Å². The Morgan fingerprint density at radius 2 is 1.74 bits per heavy atom. The second-order valence-corrected chi connectivity index (χ2v) is 15.5. The van der Waals surface area contributed by atoms with Gasteiger partial charge in [0.05, 0.1) is 29.5 Å². The fourth-order valence-corrected chi connectivity index (χ4v) is 7.54. The number of thiophene rings is 1. The van der Waals surface area contributed by atoms with Crippen molar-refractivity contribution in [3.63, 3.8) is 0 Å². The predicted octanol–water partition coefficient (Wildman–Crippen LogP) is 8.15. The normalized spacial score (nSPS) is 12.7. The summed E-state index contributed by atoms with van der Waals surface area (Å²) in [5, 5.41) is 8.51. The van der Waals surface area contributed by atoms with E-state index in [1.807, 2.05) is 0 Å². The Morgan fingerprint density at radius 1 is 1.00 bits per heavy atom. The van der Waals surface area contributed by atoms with Crippen molar-refractivity contribution in [3.05, 3.63) is 116 Å². The monoisotopic (exact) mass is 792 g/mol. The summed E-state index contributed by atoms with van der Waals surface area (Å²) < 4.78 is 25.5. The zero-order valence-electron chi connectivity index (χ0n) is 29.9. The molecule has 3 N–H and O–H groups in total. The third-order valence-corrected chi connectivity index (χ3v) is 10.2. The molecule has 0 bridgehead atoms. The van der Waals surface area contributed by atoms with Gasteiger partial charge in [-0.1, -0.05) is 41.9 Å². The Kier molecular flexibility index (Phi) is 13.2. The van der Waals surface area contributed by atoms with Crippen LogP contribution in [-0.4, -0.2) is 59.2 Å². The summed E-state index contributed by atoms with van der Waals surface area (Å²) >= 11 is 8.62. The number of halogens is 2. The lowest BCUT2D eigenvalue weighted by molar-refractivity contribution is -0.114. The Labute approximate surface area is 325 Å². The van der Waals surface area contributed by atoms with Gasteiger partial charge in [0.2, 0.25) is 5.91 Å². The number of nitrogens with one attached hydrogen (secondary N) is 3. The van der Waals surface area contributed by atoms with Crippen LogP contribution in [0.4, 0.5) is 19.9 Å². The fraction of sp³-hybridized carbons (Fsp3) is 0.256. The van der Waals surface area contributed by atoms with Gasteiger partial charge in [0.25, 0.3) is 11.8 Å². The van der Waals surface area contributed by atoms with Crippen LogP contribution in [-0.2, 0) is 32.0 Å². The lowest BCUT2D eigenvalue weighted by Gasteiger charge is -2.30. The fourth-order valence-electron chi connectivity index (χ4n) is 5.30.